The van der Waals surface area contributed by atoms with E-state index in [2.05, 4.69) is 22.2 Å². The molecule has 2 fully saturated rings. The minimum Gasteiger partial charge on any atom is -0.369 e. The molecule has 0 atom stereocenters. The number of piperazine rings is 1. The molecule has 0 bridgehead atoms. The summed E-state index contributed by atoms with van der Waals surface area (Å²) in [6, 6.07) is 1.95. The third-order valence-electron chi connectivity index (χ3n) is 4.79. The molecule has 1 aromatic rings. The van der Waals surface area contributed by atoms with Gasteiger partial charge in [0.25, 0.3) is 0 Å². The van der Waals surface area contributed by atoms with Crippen LogP contribution in [0.5, 0.6) is 0 Å². The highest BCUT2D eigenvalue weighted by atomic mass is 16.2. The average Bonchev–Trinajstić information content (AvgIpc) is 3.29. The highest BCUT2D eigenvalue weighted by Gasteiger charge is 2.40. The van der Waals surface area contributed by atoms with Crippen molar-refractivity contribution in [2.45, 2.75) is 26.2 Å². The van der Waals surface area contributed by atoms with Crippen molar-refractivity contribution in [1.29, 1.82) is 0 Å². The number of likely N-dealkylation sites (N-methyl/N-ethyl adjacent to an activating group) is 1. The van der Waals surface area contributed by atoms with Gasteiger partial charge in [0.1, 0.15) is 18.0 Å². The summed E-state index contributed by atoms with van der Waals surface area (Å²) in [5, 5.41) is 3.42. The monoisotopic (exact) mass is 289 g/mol. The van der Waals surface area contributed by atoms with Crippen molar-refractivity contribution < 1.29 is 4.79 Å². The largest absolute Gasteiger partial charge is 0.369 e. The van der Waals surface area contributed by atoms with Crippen LogP contribution in [-0.2, 0) is 4.79 Å². The number of rotatable bonds is 5. The quantitative estimate of drug-likeness (QED) is 0.887. The standard InChI is InChI=1S/C15H23N5O/c1-3-15(4-5-15)10-16-12-8-13(18-11-17-12)20-7-6-19(2)14(21)9-20/h8,11H,3-7,9-10H2,1-2H3,(H,16,17,18). The topological polar surface area (TPSA) is 61.4 Å². The molecular formula is C15H23N5O. The number of hydrogen-bond donors (Lipinski definition) is 1. The molecule has 1 amide bonds. The zero-order valence-corrected chi connectivity index (χ0v) is 12.8. The van der Waals surface area contributed by atoms with Crippen molar-refractivity contribution in [2.75, 3.05) is 43.4 Å². The summed E-state index contributed by atoms with van der Waals surface area (Å²) in [5.74, 6) is 1.82. The van der Waals surface area contributed by atoms with E-state index in [4.69, 9.17) is 0 Å². The third kappa shape index (κ3) is 3.09. The molecule has 1 aliphatic heterocycles. The molecule has 0 unspecified atom stereocenters. The summed E-state index contributed by atoms with van der Waals surface area (Å²) >= 11 is 0. The first kappa shape index (κ1) is 14.1. The first-order valence-corrected chi connectivity index (χ1v) is 7.67. The van der Waals surface area contributed by atoms with Gasteiger partial charge in [0.15, 0.2) is 0 Å². The van der Waals surface area contributed by atoms with Gasteiger partial charge < -0.3 is 15.1 Å². The smallest absolute Gasteiger partial charge is 0.241 e. The van der Waals surface area contributed by atoms with E-state index in [-0.39, 0.29) is 5.91 Å². The van der Waals surface area contributed by atoms with Gasteiger partial charge in [-0.15, -0.1) is 0 Å². The summed E-state index contributed by atoms with van der Waals surface area (Å²) < 4.78 is 0. The van der Waals surface area contributed by atoms with E-state index in [9.17, 15) is 4.79 Å². The molecule has 0 radical (unpaired) electrons. The Morgan fingerprint density at radius 1 is 1.33 bits per heavy atom. The van der Waals surface area contributed by atoms with Crippen LogP contribution in [0.4, 0.5) is 11.6 Å². The molecule has 2 heterocycles. The van der Waals surface area contributed by atoms with Gasteiger partial charge in [-0.3, -0.25) is 4.79 Å². The summed E-state index contributed by atoms with van der Waals surface area (Å²) in [7, 11) is 1.84. The van der Waals surface area contributed by atoms with E-state index >= 15 is 0 Å². The fraction of sp³-hybridized carbons (Fsp3) is 0.667. The molecule has 1 saturated heterocycles. The molecule has 0 spiro atoms. The molecule has 1 aliphatic carbocycles. The fourth-order valence-electron chi connectivity index (χ4n) is 2.68. The van der Waals surface area contributed by atoms with Crippen LogP contribution in [0.25, 0.3) is 0 Å². The zero-order valence-electron chi connectivity index (χ0n) is 12.8. The zero-order chi connectivity index (χ0) is 14.9. The lowest BCUT2D eigenvalue weighted by Gasteiger charge is -2.32. The highest BCUT2D eigenvalue weighted by Crippen LogP contribution is 2.48. The molecule has 1 N–H and O–H groups in total. The Kier molecular flexibility index (Phi) is 3.69. The van der Waals surface area contributed by atoms with Gasteiger partial charge in [-0.05, 0) is 24.7 Å². The highest BCUT2D eigenvalue weighted by molar-refractivity contribution is 5.82. The summed E-state index contributed by atoms with van der Waals surface area (Å²) in [5.41, 5.74) is 0.481. The lowest BCUT2D eigenvalue weighted by molar-refractivity contribution is -0.129. The van der Waals surface area contributed by atoms with Crippen LogP contribution in [0.15, 0.2) is 12.4 Å². The number of nitrogens with zero attached hydrogens (tertiary/aromatic N) is 4. The first-order chi connectivity index (χ1) is 10.1. The van der Waals surface area contributed by atoms with E-state index in [0.29, 0.717) is 12.0 Å². The number of carbonyl (C=O) groups is 1. The predicted octanol–water partition coefficient (Wildman–Crippen LogP) is 1.36. The third-order valence-corrected chi connectivity index (χ3v) is 4.79. The predicted molar refractivity (Wildman–Crippen MR) is 82.3 cm³/mol. The van der Waals surface area contributed by atoms with Crippen molar-refractivity contribution in [1.82, 2.24) is 14.9 Å². The molecule has 6 heteroatoms. The summed E-state index contributed by atoms with van der Waals surface area (Å²) in [4.78, 5) is 24.2. The van der Waals surface area contributed by atoms with Gasteiger partial charge in [-0.25, -0.2) is 9.97 Å². The molecule has 21 heavy (non-hydrogen) atoms. The number of carbonyl (C=O) groups excluding carboxylic acids is 1. The van der Waals surface area contributed by atoms with Crippen molar-refractivity contribution in [3.8, 4) is 0 Å². The lowest BCUT2D eigenvalue weighted by Crippen LogP contribution is -2.48. The summed E-state index contributed by atoms with van der Waals surface area (Å²) in [6.07, 6.45) is 5.40. The Morgan fingerprint density at radius 3 is 2.81 bits per heavy atom. The molecule has 0 aromatic carbocycles. The normalized spacial score (nSPS) is 20.6. The Labute approximate surface area is 125 Å². The Hall–Kier alpha value is -1.85. The van der Waals surface area contributed by atoms with E-state index in [1.54, 1.807) is 11.2 Å². The second kappa shape index (κ2) is 5.50. The minimum absolute atomic E-state index is 0.136. The average molecular weight is 289 g/mol. The number of nitrogens with one attached hydrogen (secondary N) is 1. The number of aromatic nitrogens is 2. The SMILES string of the molecule is CCC1(CNc2cc(N3CCN(C)C(=O)C3)ncn2)CC1. The molecule has 6 nitrogen and oxygen atoms in total. The second-order valence-corrected chi connectivity index (χ2v) is 6.21. The van der Waals surface area contributed by atoms with Gasteiger partial charge in [0.2, 0.25) is 5.91 Å². The molecular weight excluding hydrogens is 266 g/mol. The van der Waals surface area contributed by atoms with Crippen LogP contribution in [0.2, 0.25) is 0 Å². The van der Waals surface area contributed by atoms with Crippen LogP contribution in [0.3, 0.4) is 0 Å². The van der Waals surface area contributed by atoms with Crippen LogP contribution in [0, 0.1) is 5.41 Å². The molecule has 1 aromatic heterocycles. The number of amides is 1. The van der Waals surface area contributed by atoms with Gasteiger partial charge in [0.05, 0.1) is 6.54 Å². The van der Waals surface area contributed by atoms with E-state index in [0.717, 1.165) is 31.3 Å². The Bertz CT molecular complexity index is 529. The van der Waals surface area contributed by atoms with Crippen molar-refractivity contribution in [2.24, 2.45) is 5.41 Å². The van der Waals surface area contributed by atoms with E-state index in [1.807, 2.05) is 18.0 Å². The Morgan fingerprint density at radius 2 is 2.14 bits per heavy atom. The molecule has 3 rings (SSSR count). The maximum Gasteiger partial charge on any atom is 0.241 e. The van der Waals surface area contributed by atoms with Crippen LogP contribution in [-0.4, -0.2) is 54.0 Å². The van der Waals surface area contributed by atoms with Crippen molar-refractivity contribution in [3.05, 3.63) is 12.4 Å². The second-order valence-electron chi connectivity index (χ2n) is 6.21. The van der Waals surface area contributed by atoms with Crippen LogP contribution < -0.4 is 10.2 Å². The fourth-order valence-corrected chi connectivity index (χ4v) is 2.68. The van der Waals surface area contributed by atoms with Gasteiger partial charge in [0, 0.05) is 32.7 Å². The Balaban J connectivity index is 1.64. The molecule has 2 aliphatic rings. The molecule has 1 saturated carbocycles. The van der Waals surface area contributed by atoms with Crippen LogP contribution >= 0.6 is 0 Å². The van der Waals surface area contributed by atoms with Crippen LogP contribution in [0.1, 0.15) is 26.2 Å². The van der Waals surface area contributed by atoms with Gasteiger partial charge >= 0.3 is 0 Å². The van der Waals surface area contributed by atoms with E-state index < -0.39 is 0 Å². The summed E-state index contributed by atoms with van der Waals surface area (Å²) in [6.45, 7) is 5.17. The number of hydrogen-bond acceptors (Lipinski definition) is 5. The van der Waals surface area contributed by atoms with Crippen molar-refractivity contribution in [3.63, 3.8) is 0 Å². The van der Waals surface area contributed by atoms with E-state index in [1.165, 1.54) is 19.3 Å². The first-order valence-electron chi connectivity index (χ1n) is 7.67. The number of anilines is 2. The molecule has 114 valence electrons. The maximum absolute atomic E-state index is 11.8. The van der Waals surface area contributed by atoms with Crippen molar-refractivity contribution >= 4 is 17.5 Å². The van der Waals surface area contributed by atoms with Gasteiger partial charge in [-0.2, -0.15) is 0 Å². The minimum atomic E-state index is 0.136. The maximum atomic E-state index is 11.8. The lowest BCUT2D eigenvalue weighted by atomic mass is 10.0. The van der Waals surface area contributed by atoms with Gasteiger partial charge in [-0.1, -0.05) is 6.92 Å².